The van der Waals surface area contributed by atoms with Crippen LogP contribution in [0.2, 0.25) is 0 Å². The van der Waals surface area contributed by atoms with Crippen LogP contribution < -0.4 is 0 Å². The largest absolute Gasteiger partial charge is 0.475 e. The minimum absolute atomic E-state index is 0.243. The van der Waals surface area contributed by atoms with Gasteiger partial charge in [-0.1, -0.05) is 38.1 Å². The van der Waals surface area contributed by atoms with E-state index in [0.717, 1.165) is 46.9 Å². The molecule has 0 amide bonds. The molecule has 0 fully saturated rings. The summed E-state index contributed by atoms with van der Waals surface area (Å²) < 4.78 is 12.0. The maximum absolute atomic E-state index is 5.99. The van der Waals surface area contributed by atoms with E-state index in [4.69, 9.17) is 19.5 Å². The van der Waals surface area contributed by atoms with Crippen molar-refractivity contribution in [3.05, 3.63) is 58.7 Å². The second-order valence-electron chi connectivity index (χ2n) is 7.61. The standard InChI is InChI=1S/C24H28N2O2/c1-5-17-13-27-23(25-17)19-11-7-9-15(3)21(19)22-16(4)10-8-12-20(22)24-26-18(6-2)14-28-24/h7-12,17-18H,5-6,13-14H2,1-4H3/t17-,18-/m1/s1. The van der Waals surface area contributed by atoms with Gasteiger partial charge in [-0.2, -0.15) is 0 Å². The number of rotatable bonds is 5. The van der Waals surface area contributed by atoms with Crippen molar-refractivity contribution < 1.29 is 9.47 Å². The molecule has 0 saturated carbocycles. The maximum Gasteiger partial charge on any atom is 0.217 e. The van der Waals surface area contributed by atoms with Gasteiger partial charge >= 0.3 is 0 Å². The molecule has 4 heteroatoms. The van der Waals surface area contributed by atoms with Crippen molar-refractivity contribution in [3.8, 4) is 11.1 Å². The Hall–Kier alpha value is -2.62. The number of hydrogen-bond donors (Lipinski definition) is 0. The van der Waals surface area contributed by atoms with E-state index in [-0.39, 0.29) is 12.1 Å². The summed E-state index contributed by atoms with van der Waals surface area (Å²) in [6, 6.07) is 13.2. The quantitative estimate of drug-likeness (QED) is 0.730. The smallest absolute Gasteiger partial charge is 0.217 e. The van der Waals surface area contributed by atoms with E-state index >= 15 is 0 Å². The number of benzene rings is 2. The Morgan fingerprint density at radius 3 is 1.54 bits per heavy atom. The number of ether oxygens (including phenoxy) is 2. The van der Waals surface area contributed by atoms with Gasteiger partial charge in [-0.05, 0) is 61.1 Å². The second kappa shape index (κ2) is 7.78. The van der Waals surface area contributed by atoms with Crippen molar-refractivity contribution in [1.29, 1.82) is 0 Å². The molecule has 146 valence electrons. The fraction of sp³-hybridized carbons (Fsp3) is 0.417. The minimum atomic E-state index is 0.243. The predicted octanol–water partition coefficient (Wildman–Crippen LogP) is 5.08. The molecule has 2 aromatic carbocycles. The first-order chi connectivity index (χ1) is 13.6. The zero-order chi connectivity index (χ0) is 19.7. The van der Waals surface area contributed by atoms with Crippen LogP contribution in [0.15, 0.2) is 46.4 Å². The van der Waals surface area contributed by atoms with Gasteiger partial charge in [0.05, 0.1) is 12.1 Å². The average molecular weight is 377 g/mol. The Bertz CT molecular complexity index is 868. The lowest BCUT2D eigenvalue weighted by molar-refractivity contribution is 0.315. The molecule has 0 radical (unpaired) electrons. The van der Waals surface area contributed by atoms with Gasteiger partial charge in [0.15, 0.2) is 0 Å². The fourth-order valence-corrected chi connectivity index (χ4v) is 3.90. The molecule has 0 unspecified atom stereocenters. The van der Waals surface area contributed by atoms with Gasteiger partial charge in [0.2, 0.25) is 11.8 Å². The molecule has 2 aliphatic heterocycles. The molecule has 4 nitrogen and oxygen atoms in total. The van der Waals surface area contributed by atoms with Crippen LogP contribution in [-0.4, -0.2) is 37.1 Å². The van der Waals surface area contributed by atoms with Crippen LogP contribution in [0, 0.1) is 13.8 Å². The van der Waals surface area contributed by atoms with Crippen LogP contribution in [0.5, 0.6) is 0 Å². The van der Waals surface area contributed by atoms with Crippen LogP contribution in [0.3, 0.4) is 0 Å². The minimum Gasteiger partial charge on any atom is -0.475 e. The first-order valence-corrected chi connectivity index (χ1v) is 10.2. The van der Waals surface area contributed by atoms with Crippen molar-refractivity contribution in [3.63, 3.8) is 0 Å². The Balaban J connectivity index is 1.90. The van der Waals surface area contributed by atoms with Crippen molar-refractivity contribution in [2.45, 2.75) is 52.6 Å². The average Bonchev–Trinajstić information content (AvgIpc) is 3.37. The van der Waals surface area contributed by atoms with E-state index in [1.54, 1.807) is 0 Å². The summed E-state index contributed by atoms with van der Waals surface area (Å²) in [6.07, 6.45) is 1.98. The van der Waals surface area contributed by atoms with Gasteiger partial charge < -0.3 is 9.47 Å². The predicted molar refractivity (Wildman–Crippen MR) is 114 cm³/mol. The molecule has 0 bridgehead atoms. The van der Waals surface area contributed by atoms with Gasteiger partial charge in [-0.25, -0.2) is 9.98 Å². The molecule has 0 aliphatic carbocycles. The molecule has 2 aliphatic rings. The normalized spacial score (nSPS) is 21.1. The first-order valence-electron chi connectivity index (χ1n) is 10.2. The van der Waals surface area contributed by atoms with Crippen LogP contribution in [-0.2, 0) is 9.47 Å². The van der Waals surface area contributed by atoms with Crippen molar-refractivity contribution in [1.82, 2.24) is 0 Å². The first kappa shape index (κ1) is 18.7. The van der Waals surface area contributed by atoms with Crippen LogP contribution in [0.4, 0.5) is 0 Å². The number of aryl methyl sites for hydroxylation is 2. The van der Waals surface area contributed by atoms with E-state index in [0.29, 0.717) is 13.2 Å². The molecule has 2 heterocycles. The Morgan fingerprint density at radius 1 is 0.750 bits per heavy atom. The summed E-state index contributed by atoms with van der Waals surface area (Å²) in [5, 5.41) is 0. The molecule has 2 aromatic rings. The zero-order valence-corrected chi connectivity index (χ0v) is 17.2. The third kappa shape index (κ3) is 3.32. The van der Waals surface area contributed by atoms with Gasteiger partial charge in [-0.3, -0.25) is 0 Å². The molecular formula is C24H28N2O2. The highest BCUT2D eigenvalue weighted by Crippen LogP contribution is 2.36. The zero-order valence-electron chi connectivity index (χ0n) is 17.2. The van der Waals surface area contributed by atoms with Gasteiger partial charge in [0.1, 0.15) is 13.2 Å². The van der Waals surface area contributed by atoms with Gasteiger partial charge in [0.25, 0.3) is 0 Å². The van der Waals surface area contributed by atoms with Crippen molar-refractivity contribution in [2.75, 3.05) is 13.2 Å². The Labute approximate surface area is 167 Å². The molecule has 28 heavy (non-hydrogen) atoms. The van der Waals surface area contributed by atoms with E-state index in [2.05, 4.69) is 64.1 Å². The highest BCUT2D eigenvalue weighted by molar-refractivity contribution is 6.08. The molecule has 0 spiro atoms. The lowest BCUT2D eigenvalue weighted by Gasteiger charge is -2.18. The molecule has 2 atom stereocenters. The van der Waals surface area contributed by atoms with Crippen LogP contribution in [0.25, 0.3) is 11.1 Å². The summed E-state index contributed by atoms with van der Waals surface area (Å²) >= 11 is 0. The summed E-state index contributed by atoms with van der Waals surface area (Å²) in [5.74, 6) is 1.50. The second-order valence-corrected chi connectivity index (χ2v) is 7.61. The highest BCUT2D eigenvalue weighted by atomic mass is 16.5. The molecule has 0 N–H and O–H groups in total. The maximum atomic E-state index is 5.99. The van der Waals surface area contributed by atoms with Crippen molar-refractivity contribution in [2.24, 2.45) is 9.98 Å². The van der Waals surface area contributed by atoms with Gasteiger partial charge in [-0.15, -0.1) is 0 Å². The molecule has 0 saturated heterocycles. The number of aliphatic imine (C=N–C) groups is 2. The molecular weight excluding hydrogens is 348 g/mol. The van der Waals surface area contributed by atoms with E-state index < -0.39 is 0 Å². The third-order valence-electron chi connectivity index (χ3n) is 5.62. The highest BCUT2D eigenvalue weighted by Gasteiger charge is 2.27. The summed E-state index contributed by atoms with van der Waals surface area (Å²) in [4.78, 5) is 9.64. The van der Waals surface area contributed by atoms with Crippen LogP contribution in [0.1, 0.15) is 48.9 Å². The van der Waals surface area contributed by atoms with E-state index in [9.17, 15) is 0 Å². The van der Waals surface area contributed by atoms with Crippen molar-refractivity contribution >= 4 is 11.8 Å². The summed E-state index contributed by atoms with van der Waals surface area (Å²) in [6.45, 7) is 9.91. The van der Waals surface area contributed by atoms with Crippen LogP contribution >= 0.6 is 0 Å². The molecule has 0 aromatic heterocycles. The Kier molecular flexibility index (Phi) is 5.21. The lowest BCUT2D eigenvalue weighted by atomic mass is 9.88. The van der Waals surface area contributed by atoms with Gasteiger partial charge in [0, 0.05) is 11.1 Å². The fourth-order valence-electron chi connectivity index (χ4n) is 3.90. The Morgan fingerprint density at radius 2 is 1.18 bits per heavy atom. The van der Waals surface area contributed by atoms with E-state index in [1.165, 1.54) is 11.1 Å². The van der Waals surface area contributed by atoms with E-state index in [1.807, 2.05) is 0 Å². The lowest BCUT2D eigenvalue weighted by Crippen LogP contribution is -2.09. The number of hydrogen-bond acceptors (Lipinski definition) is 4. The number of nitrogens with zero attached hydrogens (tertiary/aromatic N) is 2. The monoisotopic (exact) mass is 376 g/mol. The SMILES string of the molecule is CC[C@@H]1COC(c2cccc(C)c2-c2c(C)cccc2C2=N[C@H](CC)CO2)=N1. The summed E-state index contributed by atoms with van der Waals surface area (Å²) in [5.41, 5.74) is 6.83. The third-order valence-corrected chi connectivity index (χ3v) is 5.62. The molecule has 4 rings (SSSR count). The topological polar surface area (TPSA) is 43.2 Å². The summed E-state index contributed by atoms with van der Waals surface area (Å²) in [7, 11) is 0.